The summed E-state index contributed by atoms with van der Waals surface area (Å²) in [5, 5.41) is 3.10. The van der Waals surface area contributed by atoms with Gasteiger partial charge in [0.15, 0.2) is 11.5 Å². The zero-order chi connectivity index (χ0) is 19.6. The minimum atomic E-state index is 0.137. The Morgan fingerprint density at radius 2 is 1.93 bits per heavy atom. The Labute approximate surface area is 169 Å². The van der Waals surface area contributed by atoms with Crippen molar-refractivity contribution in [3.63, 3.8) is 0 Å². The van der Waals surface area contributed by atoms with E-state index in [0.717, 1.165) is 56.0 Å². The summed E-state index contributed by atoms with van der Waals surface area (Å²) in [6.45, 7) is 6.22. The Morgan fingerprint density at radius 3 is 2.75 bits per heavy atom. The molecule has 1 aromatic rings. The number of nitrogens with zero attached hydrogens (tertiary/aromatic N) is 1. The number of carbonyl (C=O) groups excluding carboxylic acids is 1. The van der Waals surface area contributed by atoms with Crippen LogP contribution in [0.2, 0.25) is 0 Å². The molecule has 0 spiro atoms. The van der Waals surface area contributed by atoms with Crippen LogP contribution in [0.5, 0.6) is 11.5 Å². The van der Waals surface area contributed by atoms with E-state index in [4.69, 9.17) is 9.47 Å². The van der Waals surface area contributed by atoms with Crippen molar-refractivity contribution in [2.24, 2.45) is 5.92 Å². The predicted molar refractivity (Wildman–Crippen MR) is 112 cm³/mol. The molecule has 1 amide bonds. The van der Waals surface area contributed by atoms with Gasteiger partial charge in [-0.05, 0) is 51.0 Å². The van der Waals surface area contributed by atoms with Crippen LogP contribution in [0, 0.1) is 5.92 Å². The Hall–Kier alpha value is -1.75. The van der Waals surface area contributed by atoms with E-state index in [9.17, 15) is 4.79 Å². The van der Waals surface area contributed by atoms with E-state index in [1.165, 1.54) is 32.1 Å². The minimum absolute atomic E-state index is 0.137. The first-order valence-electron chi connectivity index (χ1n) is 11.1. The fraction of sp³-hybridized carbons (Fsp3) is 0.696. The molecule has 1 fully saturated rings. The molecule has 156 valence electrons. The molecule has 1 N–H and O–H groups in total. The molecule has 1 saturated carbocycles. The largest absolute Gasteiger partial charge is 0.490 e. The van der Waals surface area contributed by atoms with Crippen LogP contribution in [0.15, 0.2) is 18.2 Å². The molecule has 1 aliphatic carbocycles. The van der Waals surface area contributed by atoms with Crippen molar-refractivity contribution in [2.45, 2.75) is 64.8 Å². The molecule has 1 heterocycles. The van der Waals surface area contributed by atoms with Gasteiger partial charge < -0.3 is 14.8 Å². The molecule has 28 heavy (non-hydrogen) atoms. The number of benzene rings is 1. The number of nitrogens with one attached hydrogen (secondary N) is 1. The first kappa shape index (κ1) is 21.0. The van der Waals surface area contributed by atoms with Gasteiger partial charge >= 0.3 is 0 Å². The molecule has 0 radical (unpaired) electrons. The summed E-state index contributed by atoms with van der Waals surface area (Å²) < 4.78 is 12.0. The van der Waals surface area contributed by atoms with Gasteiger partial charge in [0.25, 0.3) is 0 Å². The number of amides is 1. The van der Waals surface area contributed by atoms with Crippen molar-refractivity contribution in [2.75, 3.05) is 32.8 Å². The molecule has 5 heteroatoms. The smallest absolute Gasteiger partial charge is 0.234 e. The second-order valence-corrected chi connectivity index (χ2v) is 8.11. The average molecular weight is 389 g/mol. The lowest BCUT2D eigenvalue weighted by molar-refractivity contribution is -0.122. The predicted octanol–water partition coefficient (Wildman–Crippen LogP) is 4.15. The molecule has 0 unspecified atom stereocenters. The van der Waals surface area contributed by atoms with Crippen molar-refractivity contribution in [3.8, 4) is 11.5 Å². The number of rotatable bonds is 4. The van der Waals surface area contributed by atoms with Gasteiger partial charge in [-0.2, -0.15) is 0 Å². The van der Waals surface area contributed by atoms with Crippen molar-refractivity contribution >= 4 is 5.91 Å². The normalized spacial score (nSPS) is 20.7. The van der Waals surface area contributed by atoms with Crippen LogP contribution in [-0.4, -0.2) is 43.7 Å². The van der Waals surface area contributed by atoms with E-state index in [-0.39, 0.29) is 5.91 Å². The maximum atomic E-state index is 12.5. The van der Waals surface area contributed by atoms with Crippen molar-refractivity contribution in [1.82, 2.24) is 10.2 Å². The van der Waals surface area contributed by atoms with Crippen molar-refractivity contribution in [1.29, 1.82) is 0 Å². The quantitative estimate of drug-likeness (QED) is 0.842. The molecular formula is C23H36N2O3. The topological polar surface area (TPSA) is 50.8 Å². The van der Waals surface area contributed by atoms with Gasteiger partial charge in [0.05, 0.1) is 19.8 Å². The molecule has 1 aromatic carbocycles. The molecule has 0 atom stereocenters. The minimum Gasteiger partial charge on any atom is -0.490 e. The van der Waals surface area contributed by atoms with E-state index in [0.29, 0.717) is 25.7 Å². The average Bonchev–Trinajstić information content (AvgIpc) is 2.70. The zero-order valence-electron chi connectivity index (χ0n) is 17.4. The molecule has 2 aliphatic rings. The van der Waals surface area contributed by atoms with Crippen LogP contribution in [0.4, 0.5) is 0 Å². The molecule has 0 aromatic heterocycles. The number of ether oxygens (including phenoxy) is 2. The molecule has 0 saturated heterocycles. The number of para-hydroxylation sites is 1. The number of carbonyl (C=O) groups is 1. The maximum Gasteiger partial charge on any atom is 0.234 e. The van der Waals surface area contributed by atoms with E-state index < -0.39 is 0 Å². The second-order valence-electron chi connectivity index (χ2n) is 8.11. The van der Waals surface area contributed by atoms with E-state index in [1.807, 2.05) is 19.1 Å². The van der Waals surface area contributed by atoms with Crippen LogP contribution < -0.4 is 14.8 Å². The van der Waals surface area contributed by atoms with Crippen molar-refractivity contribution in [3.05, 3.63) is 23.8 Å². The highest BCUT2D eigenvalue weighted by molar-refractivity contribution is 5.78. The fourth-order valence-corrected chi connectivity index (χ4v) is 4.34. The molecular weight excluding hydrogens is 352 g/mol. The summed E-state index contributed by atoms with van der Waals surface area (Å²) in [7, 11) is 0. The summed E-state index contributed by atoms with van der Waals surface area (Å²) in [5.41, 5.74) is 1.12. The van der Waals surface area contributed by atoms with E-state index >= 15 is 0 Å². The fourth-order valence-electron chi connectivity index (χ4n) is 4.34. The summed E-state index contributed by atoms with van der Waals surface area (Å²) in [6, 6.07) is 6.13. The zero-order valence-corrected chi connectivity index (χ0v) is 17.4. The van der Waals surface area contributed by atoms with Gasteiger partial charge in [-0.3, -0.25) is 9.69 Å². The van der Waals surface area contributed by atoms with Gasteiger partial charge in [-0.1, -0.05) is 31.4 Å². The van der Waals surface area contributed by atoms with Gasteiger partial charge in [-0.15, -0.1) is 0 Å². The Morgan fingerprint density at radius 1 is 1.11 bits per heavy atom. The summed E-state index contributed by atoms with van der Waals surface area (Å²) >= 11 is 0. The SMILES string of the molecule is CCOc1cccc2c1OCCCCCNC(=O)CN(CC1CCCCC1)C2. The first-order chi connectivity index (χ1) is 13.8. The van der Waals surface area contributed by atoms with Crippen LogP contribution >= 0.6 is 0 Å². The van der Waals surface area contributed by atoms with Crippen LogP contribution in [0.3, 0.4) is 0 Å². The standard InChI is InChI=1S/C23H36N2O3/c1-2-27-21-13-9-12-20-17-25(16-19-10-5-3-6-11-19)18-22(26)24-14-7-4-8-15-28-23(20)21/h9,12-13,19H,2-8,10-11,14-18H2,1H3,(H,24,26). The highest BCUT2D eigenvalue weighted by atomic mass is 16.5. The maximum absolute atomic E-state index is 12.5. The Bertz CT molecular complexity index is 614. The third-order valence-electron chi connectivity index (χ3n) is 5.75. The molecule has 5 nitrogen and oxygen atoms in total. The lowest BCUT2D eigenvalue weighted by Crippen LogP contribution is -2.40. The number of hydrogen-bond donors (Lipinski definition) is 1. The van der Waals surface area contributed by atoms with Gasteiger partial charge in [0, 0.05) is 25.2 Å². The summed E-state index contributed by atoms with van der Waals surface area (Å²) in [5.74, 6) is 2.50. The lowest BCUT2D eigenvalue weighted by Gasteiger charge is -2.30. The molecule has 1 aliphatic heterocycles. The van der Waals surface area contributed by atoms with Gasteiger partial charge in [0.2, 0.25) is 5.91 Å². The highest BCUT2D eigenvalue weighted by Gasteiger charge is 2.22. The third-order valence-corrected chi connectivity index (χ3v) is 5.75. The van der Waals surface area contributed by atoms with Crippen molar-refractivity contribution < 1.29 is 14.3 Å². The van der Waals surface area contributed by atoms with Crippen LogP contribution in [0.25, 0.3) is 0 Å². The van der Waals surface area contributed by atoms with Crippen LogP contribution in [0.1, 0.15) is 63.9 Å². The number of hydrogen-bond acceptors (Lipinski definition) is 4. The van der Waals surface area contributed by atoms with E-state index in [1.54, 1.807) is 0 Å². The monoisotopic (exact) mass is 388 g/mol. The lowest BCUT2D eigenvalue weighted by atomic mass is 9.89. The molecule has 3 rings (SSSR count). The molecule has 0 bridgehead atoms. The highest BCUT2D eigenvalue weighted by Crippen LogP contribution is 2.33. The Balaban J connectivity index is 1.81. The summed E-state index contributed by atoms with van der Waals surface area (Å²) in [6.07, 6.45) is 9.58. The first-order valence-corrected chi connectivity index (χ1v) is 11.1. The summed E-state index contributed by atoms with van der Waals surface area (Å²) in [4.78, 5) is 14.8. The van der Waals surface area contributed by atoms with Crippen LogP contribution in [-0.2, 0) is 11.3 Å². The number of fused-ring (bicyclic) bond motifs is 1. The van der Waals surface area contributed by atoms with E-state index in [2.05, 4.69) is 16.3 Å². The Kier molecular flexibility index (Phi) is 8.46. The third kappa shape index (κ3) is 6.40. The van der Waals surface area contributed by atoms with Gasteiger partial charge in [0.1, 0.15) is 0 Å². The van der Waals surface area contributed by atoms with Gasteiger partial charge in [-0.25, -0.2) is 0 Å². The second kappa shape index (κ2) is 11.3.